The Morgan fingerprint density at radius 1 is 1.09 bits per heavy atom. The van der Waals surface area contributed by atoms with E-state index in [1.807, 2.05) is 4.90 Å². The molecule has 0 aliphatic carbocycles. The Labute approximate surface area is 214 Å². The molecule has 0 radical (unpaired) electrons. The lowest BCUT2D eigenvalue weighted by atomic mass is 9.86. The van der Waals surface area contributed by atoms with E-state index in [2.05, 4.69) is 9.97 Å². The molecule has 1 aromatic heterocycles. The van der Waals surface area contributed by atoms with Crippen LogP contribution in [0.15, 0.2) is 59.8 Å². The molecular formula is C24H24Cl2N4O4S. The van der Waals surface area contributed by atoms with E-state index in [0.717, 1.165) is 15.6 Å². The average molecular weight is 535 g/mol. The summed E-state index contributed by atoms with van der Waals surface area (Å²) in [5.74, 6) is -0.732. The van der Waals surface area contributed by atoms with Crippen molar-refractivity contribution in [2.45, 2.75) is 38.1 Å². The molecule has 4 rings (SSSR count). The van der Waals surface area contributed by atoms with Crippen molar-refractivity contribution in [2.24, 2.45) is 5.41 Å². The summed E-state index contributed by atoms with van der Waals surface area (Å²) in [5.41, 5.74) is 0.991. The van der Waals surface area contributed by atoms with E-state index in [9.17, 15) is 18.3 Å². The number of rotatable bonds is 6. The number of carboxylic acids is 1. The number of aliphatic carboxylic acids is 1. The van der Waals surface area contributed by atoms with Crippen molar-refractivity contribution in [3.05, 3.63) is 70.5 Å². The molecule has 1 aliphatic rings. The van der Waals surface area contributed by atoms with Gasteiger partial charge in [-0.2, -0.15) is 0 Å². The Hall–Kier alpha value is -2.88. The third kappa shape index (κ3) is 4.94. The zero-order chi connectivity index (χ0) is 25.5. The third-order valence-electron chi connectivity index (χ3n) is 5.69. The molecule has 0 fully saturated rings. The van der Waals surface area contributed by atoms with Gasteiger partial charge in [0.2, 0.25) is 5.95 Å². The van der Waals surface area contributed by atoms with Crippen LogP contribution in [0.25, 0.3) is 0 Å². The first-order valence-corrected chi connectivity index (χ1v) is 13.0. The fraction of sp³-hybridized carbons (Fsp3) is 0.292. The summed E-state index contributed by atoms with van der Waals surface area (Å²) in [6, 6.07) is 9.35. The Balaban J connectivity index is 1.88. The molecule has 1 aliphatic heterocycles. The second kappa shape index (κ2) is 9.29. The monoisotopic (exact) mass is 534 g/mol. The number of carbonyl (C=O) groups is 1. The number of nitrogens with zero attached hydrogens (tertiary/aromatic N) is 4. The number of fused-ring (bicyclic) bond motifs is 1. The zero-order valence-electron chi connectivity index (χ0n) is 19.3. The van der Waals surface area contributed by atoms with Gasteiger partial charge in [0.15, 0.2) is 0 Å². The fourth-order valence-corrected chi connectivity index (χ4v) is 6.71. The van der Waals surface area contributed by atoms with Crippen LogP contribution in [0.2, 0.25) is 10.0 Å². The average Bonchev–Trinajstić information content (AvgIpc) is 3.19. The minimum absolute atomic E-state index is 0.131. The van der Waals surface area contributed by atoms with Gasteiger partial charge in [-0.25, -0.2) is 23.2 Å². The van der Waals surface area contributed by atoms with Gasteiger partial charge in [-0.3, -0.25) is 4.31 Å². The van der Waals surface area contributed by atoms with Gasteiger partial charge in [0.05, 0.1) is 10.6 Å². The second-order valence-electron chi connectivity index (χ2n) is 9.28. The van der Waals surface area contributed by atoms with Crippen molar-refractivity contribution in [2.75, 3.05) is 15.7 Å². The van der Waals surface area contributed by atoms with E-state index >= 15 is 0 Å². The van der Waals surface area contributed by atoms with Gasteiger partial charge in [0.1, 0.15) is 6.04 Å². The molecule has 0 bridgehead atoms. The number of hydrogen-bond donors (Lipinski definition) is 1. The van der Waals surface area contributed by atoms with Crippen LogP contribution in [0.1, 0.15) is 26.3 Å². The molecule has 1 unspecified atom stereocenters. The summed E-state index contributed by atoms with van der Waals surface area (Å²) < 4.78 is 28.8. The maximum absolute atomic E-state index is 13.9. The van der Waals surface area contributed by atoms with Gasteiger partial charge in [-0.05, 0) is 59.9 Å². The summed E-state index contributed by atoms with van der Waals surface area (Å²) in [6.45, 7) is 5.66. The van der Waals surface area contributed by atoms with Crippen LogP contribution >= 0.6 is 23.2 Å². The van der Waals surface area contributed by atoms with Crippen molar-refractivity contribution < 1.29 is 18.3 Å². The molecule has 2 heterocycles. The van der Waals surface area contributed by atoms with Crippen molar-refractivity contribution in [3.63, 3.8) is 0 Å². The Kier molecular flexibility index (Phi) is 6.70. The normalized spacial score (nSPS) is 14.5. The van der Waals surface area contributed by atoms with E-state index < -0.39 is 27.4 Å². The lowest BCUT2D eigenvalue weighted by Gasteiger charge is -2.38. The van der Waals surface area contributed by atoms with E-state index in [4.69, 9.17) is 23.2 Å². The number of hydrogen-bond acceptors (Lipinski definition) is 6. The van der Waals surface area contributed by atoms with Gasteiger partial charge in [-0.15, -0.1) is 0 Å². The lowest BCUT2D eigenvalue weighted by Crippen LogP contribution is -2.52. The standard InChI is InChI=1S/C24H24Cl2N4O4S/c1-24(2,3)21(22(31)32)30(35(33,34)19-13-16(25)12-17(26)14-19)18-5-6-20-15(11-18)7-10-29(20)23-27-8-4-9-28-23/h4-6,8-9,11-14,21H,7,10H2,1-3H3,(H,31,32). The summed E-state index contributed by atoms with van der Waals surface area (Å²) in [6.07, 6.45) is 3.92. The quantitative estimate of drug-likeness (QED) is 0.464. The van der Waals surface area contributed by atoms with Crippen LogP contribution in [0.3, 0.4) is 0 Å². The van der Waals surface area contributed by atoms with Crippen LogP contribution in [0.4, 0.5) is 17.3 Å². The first-order chi connectivity index (χ1) is 16.4. The summed E-state index contributed by atoms with van der Waals surface area (Å²) in [4.78, 5) is 22.8. The first kappa shape index (κ1) is 25.2. The van der Waals surface area contributed by atoms with Crippen molar-refractivity contribution in [1.82, 2.24) is 9.97 Å². The topological polar surface area (TPSA) is 104 Å². The number of benzene rings is 2. The summed E-state index contributed by atoms with van der Waals surface area (Å²) >= 11 is 12.2. The summed E-state index contributed by atoms with van der Waals surface area (Å²) in [7, 11) is -4.36. The highest BCUT2D eigenvalue weighted by atomic mass is 35.5. The van der Waals surface area contributed by atoms with Crippen molar-refractivity contribution in [1.29, 1.82) is 0 Å². The summed E-state index contributed by atoms with van der Waals surface area (Å²) in [5, 5.41) is 10.4. The fourth-order valence-electron chi connectivity index (χ4n) is 4.20. The Bertz CT molecular complexity index is 1360. The molecule has 11 heteroatoms. The Morgan fingerprint density at radius 2 is 1.71 bits per heavy atom. The predicted molar refractivity (Wildman–Crippen MR) is 136 cm³/mol. The molecule has 184 valence electrons. The van der Waals surface area contributed by atoms with Crippen molar-refractivity contribution >= 4 is 56.5 Å². The predicted octanol–water partition coefficient (Wildman–Crippen LogP) is 5.17. The number of carboxylic acid groups (broad SMARTS) is 1. The van der Waals surface area contributed by atoms with Crippen LogP contribution < -0.4 is 9.21 Å². The lowest BCUT2D eigenvalue weighted by molar-refractivity contribution is -0.140. The molecule has 1 N–H and O–H groups in total. The molecule has 8 nitrogen and oxygen atoms in total. The molecule has 35 heavy (non-hydrogen) atoms. The van der Waals surface area contributed by atoms with E-state index in [1.54, 1.807) is 57.4 Å². The third-order valence-corrected chi connectivity index (χ3v) is 7.90. The first-order valence-electron chi connectivity index (χ1n) is 10.8. The van der Waals surface area contributed by atoms with Crippen LogP contribution in [-0.4, -0.2) is 42.0 Å². The van der Waals surface area contributed by atoms with Crippen molar-refractivity contribution in [3.8, 4) is 0 Å². The highest BCUT2D eigenvalue weighted by Crippen LogP contribution is 2.40. The van der Waals surface area contributed by atoms with E-state index in [1.165, 1.54) is 18.2 Å². The molecule has 0 amide bonds. The molecule has 0 spiro atoms. The largest absolute Gasteiger partial charge is 0.480 e. The SMILES string of the molecule is CC(C)(C)C(C(=O)O)N(c1ccc2c(c1)CCN2c1ncccn1)S(=O)(=O)c1cc(Cl)cc(Cl)c1. The smallest absolute Gasteiger partial charge is 0.328 e. The molecular weight excluding hydrogens is 511 g/mol. The molecule has 0 saturated heterocycles. The van der Waals surface area contributed by atoms with Crippen LogP contribution in [0.5, 0.6) is 0 Å². The minimum atomic E-state index is -4.36. The Morgan fingerprint density at radius 3 is 2.29 bits per heavy atom. The van der Waals surface area contributed by atoms with Gasteiger partial charge in [0, 0.05) is 34.7 Å². The van der Waals surface area contributed by atoms with Gasteiger partial charge in [0.25, 0.3) is 10.0 Å². The van der Waals surface area contributed by atoms with E-state index in [0.29, 0.717) is 18.9 Å². The van der Waals surface area contributed by atoms with Crippen LogP contribution in [-0.2, 0) is 21.2 Å². The van der Waals surface area contributed by atoms with Gasteiger partial charge in [-0.1, -0.05) is 44.0 Å². The molecule has 0 saturated carbocycles. The van der Waals surface area contributed by atoms with Crippen LogP contribution in [0, 0.1) is 5.41 Å². The van der Waals surface area contributed by atoms with Gasteiger partial charge < -0.3 is 10.0 Å². The second-order valence-corrected chi connectivity index (χ2v) is 12.0. The highest BCUT2D eigenvalue weighted by molar-refractivity contribution is 7.93. The maximum Gasteiger partial charge on any atom is 0.328 e. The zero-order valence-corrected chi connectivity index (χ0v) is 21.6. The minimum Gasteiger partial charge on any atom is -0.480 e. The molecule has 3 aromatic rings. The number of aromatic nitrogens is 2. The molecule has 1 atom stereocenters. The number of anilines is 3. The molecule has 2 aromatic carbocycles. The maximum atomic E-state index is 13.9. The number of sulfonamides is 1. The number of halogens is 2. The van der Waals surface area contributed by atoms with Gasteiger partial charge >= 0.3 is 5.97 Å². The van der Waals surface area contributed by atoms with E-state index in [-0.39, 0.29) is 20.6 Å². The highest BCUT2D eigenvalue weighted by Gasteiger charge is 2.44.